The van der Waals surface area contributed by atoms with E-state index in [1.54, 1.807) is 0 Å². The van der Waals surface area contributed by atoms with Gasteiger partial charge in [0.05, 0.1) is 0 Å². The molecule has 20 heavy (non-hydrogen) atoms. The first-order chi connectivity index (χ1) is 9.63. The molecule has 1 unspecified atom stereocenters. The van der Waals surface area contributed by atoms with Gasteiger partial charge in [0.25, 0.3) is 5.91 Å². The van der Waals surface area contributed by atoms with Crippen LogP contribution in [0.25, 0.3) is 0 Å². The Labute approximate surface area is 124 Å². The SMILES string of the molecule is CC1CN(C)CCCN1C(=O)c1sccc1C#CCO. The lowest BCUT2D eigenvalue weighted by Gasteiger charge is -2.27. The number of carbonyl (C=O) groups is 1. The predicted octanol–water partition coefficient (Wildman–Crippen LogP) is 1.26. The highest BCUT2D eigenvalue weighted by Crippen LogP contribution is 2.21. The maximum absolute atomic E-state index is 12.7. The average Bonchev–Trinajstić information content (AvgIpc) is 2.81. The van der Waals surface area contributed by atoms with Crippen molar-refractivity contribution in [1.29, 1.82) is 0 Å². The molecule has 1 fully saturated rings. The highest BCUT2D eigenvalue weighted by atomic mass is 32.1. The summed E-state index contributed by atoms with van der Waals surface area (Å²) >= 11 is 1.42. The standard InChI is InChI=1S/C15H20N2O2S/c1-12-11-16(2)7-4-8-17(12)15(19)14-13(5-3-9-18)6-10-20-14/h6,10,12,18H,4,7-9,11H2,1-2H3. The zero-order valence-electron chi connectivity index (χ0n) is 11.9. The van der Waals surface area contributed by atoms with Gasteiger partial charge in [0.15, 0.2) is 0 Å². The van der Waals surface area contributed by atoms with Gasteiger partial charge in [-0.05, 0) is 38.4 Å². The third-order valence-corrected chi connectivity index (χ3v) is 4.37. The molecule has 1 aliphatic rings. The molecule has 4 nitrogen and oxygen atoms in total. The first-order valence-corrected chi connectivity index (χ1v) is 7.68. The topological polar surface area (TPSA) is 43.8 Å². The van der Waals surface area contributed by atoms with Crippen molar-refractivity contribution in [2.75, 3.05) is 33.3 Å². The number of rotatable bonds is 1. The number of likely N-dealkylation sites (N-methyl/N-ethyl adjacent to an activating group) is 1. The minimum atomic E-state index is -0.186. The fraction of sp³-hybridized carbons (Fsp3) is 0.533. The molecule has 108 valence electrons. The normalized spacial score (nSPS) is 20.1. The van der Waals surface area contributed by atoms with Gasteiger partial charge >= 0.3 is 0 Å². The molecule has 1 aromatic heterocycles. The van der Waals surface area contributed by atoms with E-state index in [0.717, 1.165) is 31.6 Å². The zero-order chi connectivity index (χ0) is 14.5. The van der Waals surface area contributed by atoms with Gasteiger partial charge < -0.3 is 14.9 Å². The van der Waals surface area contributed by atoms with E-state index < -0.39 is 0 Å². The van der Waals surface area contributed by atoms with Crippen LogP contribution in [0.2, 0.25) is 0 Å². The van der Waals surface area contributed by atoms with Gasteiger partial charge in [0.1, 0.15) is 11.5 Å². The Hall–Kier alpha value is -1.35. The molecule has 1 N–H and O–H groups in total. The number of carbonyl (C=O) groups excluding carboxylic acids is 1. The summed E-state index contributed by atoms with van der Waals surface area (Å²) in [6.45, 7) is 4.61. The number of hydrogen-bond acceptors (Lipinski definition) is 4. The van der Waals surface area contributed by atoms with E-state index in [1.807, 2.05) is 16.3 Å². The van der Waals surface area contributed by atoms with Crippen LogP contribution < -0.4 is 0 Å². The predicted molar refractivity (Wildman–Crippen MR) is 80.9 cm³/mol. The lowest BCUT2D eigenvalue weighted by Crippen LogP contribution is -2.41. The van der Waals surface area contributed by atoms with Gasteiger partial charge in [-0.25, -0.2) is 0 Å². The summed E-state index contributed by atoms with van der Waals surface area (Å²) in [5.74, 6) is 5.53. The van der Waals surface area contributed by atoms with Crippen molar-refractivity contribution in [2.45, 2.75) is 19.4 Å². The molecule has 0 saturated carbocycles. The van der Waals surface area contributed by atoms with Gasteiger partial charge in [-0.3, -0.25) is 4.79 Å². The Kier molecular flexibility index (Phi) is 5.18. The molecule has 0 aromatic carbocycles. The van der Waals surface area contributed by atoms with Crippen molar-refractivity contribution in [3.05, 3.63) is 21.9 Å². The number of thiophene rings is 1. The van der Waals surface area contributed by atoms with Crippen molar-refractivity contribution in [3.8, 4) is 11.8 Å². The van der Waals surface area contributed by atoms with Crippen molar-refractivity contribution in [1.82, 2.24) is 9.80 Å². The molecule has 0 spiro atoms. The van der Waals surface area contributed by atoms with Crippen LogP contribution in [-0.4, -0.2) is 60.1 Å². The molecule has 1 saturated heterocycles. The quantitative estimate of drug-likeness (QED) is 0.793. The second kappa shape index (κ2) is 6.89. The van der Waals surface area contributed by atoms with E-state index in [1.165, 1.54) is 11.3 Å². The molecule has 0 aliphatic carbocycles. The summed E-state index contributed by atoms with van der Waals surface area (Å²) in [5.41, 5.74) is 0.721. The largest absolute Gasteiger partial charge is 0.384 e. The monoisotopic (exact) mass is 292 g/mol. The van der Waals surface area contributed by atoms with Crippen molar-refractivity contribution in [3.63, 3.8) is 0 Å². The molecule has 1 aliphatic heterocycles. The molecule has 1 amide bonds. The van der Waals surface area contributed by atoms with Gasteiger partial charge in [-0.2, -0.15) is 0 Å². The number of amides is 1. The van der Waals surface area contributed by atoms with E-state index in [9.17, 15) is 4.79 Å². The van der Waals surface area contributed by atoms with Crippen LogP contribution >= 0.6 is 11.3 Å². The van der Waals surface area contributed by atoms with Crippen LogP contribution in [0.3, 0.4) is 0 Å². The molecule has 1 atom stereocenters. The lowest BCUT2D eigenvalue weighted by molar-refractivity contribution is 0.0701. The molecule has 0 radical (unpaired) electrons. The van der Waals surface area contributed by atoms with Gasteiger partial charge in [-0.1, -0.05) is 11.8 Å². The number of hydrogen-bond donors (Lipinski definition) is 1. The van der Waals surface area contributed by atoms with E-state index in [4.69, 9.17) is 5.11 Å². The van der Waals surface area contributed by atoms with Gasteiger partial charge in [-0.15, -0.1) is 11.3 Å². The Balaban J connectivity index is 2.20. The third-order valence-electron chi connectivity index (χ3n) is 3.47. The number of nitrogens with zero attached hydrogens (tertiary/aromatic N) is 2. The first kappa shape index (κ1) is 15.0. The summed E-state index contributed by atoms with van der Waals surface area (Å²) in [4.78, 5) is 17.6. The zero-order valence-corrected chi connectivity index (χ0v) is 12.7. The molecule has 5 heteroatoms. The Morgan fingerprint density at radius 2 is 2.35 bits per heavy atom. The Morgan fingerprint density at radius 1 is 1.55 bits per heavy atom. The molecule has 2 rings (SSSR count). The summed E-state index contributed by atoms with van der Waals surface area (Å²) < 4.78 is 0. The van der Waals surface area contributed by atoms with E-state index in [0.29, 0.717) is 4.88 Å². The van der Waals surface area contributed by atoms with Crippen LogP contribution in [0.5, 0.6) is 0 Å². The van der Waals surface area contributed by atoms with Crippen LogP contribution in [0.15, 0.2) is 11.4 Å². The van der Waals surface area contributed by atoms with Crippen molar-refractivity contribution >= 4 is 17.2 Å². The van der Waals surface area contributed by atoms with E-state index in [2.05, 4.69) is 30.7 Å². The lowest BCUT2D eigenvalue weighted by atomic mass is 10.2. The van der Waals surface area contributed by atoms with Crippen molar-refractivity contribution in [2.24, 2.45) is 0 Å². The average molecular weight is 292 g/mol. The Bertz CT molecular complexity index is 529. The maximum atomic E-state index is 12.7. The second-order valence-electron chi connectivity index (χ2n) is 5.09. The van der Waals surface area contributed by atoms with Crippen LogP contribution in [-0.2, 0) is 0 Å². The molecule has 2 heterocycles. The van der Waals surface area contributed by atoms with Crippen LogP contribution in [0.1, 0.15) is 28.6 Å². The highest BCUT2D eigenvalue weighted by Gasteiger charge is 2.26. The maximum Gasteiger partial charge on any atom is 0.265 e. The summed E-state index contributed by atoms with van der Waals surface area (Å²) in [6, 6.07) is 2.05. The minimum absolute atomic E-state index is 0.0602. The number of aliphatic hydroxyl groups excluding tert-OH is 1. The summed E-state index contributed by atoms with van der Waals surface area (Å²) in [7, 11) is 2.09. The minimum Gasteiger partial charge on any atom is -0.384 e. The van der Waals surface area contributed by atoms with Crippen LogP contribution in [0.4, 0.5) is 0 Å². The molecule has 0 bridgehead atoms. The fourth-order valence-electron chi connectivity index (χ4n) is 2.51. The molecular weight excluding hydrogens is 272 g/mol. The van der Waals surface area contributed by atoms with Crippen LogP contribution in [0, 0.1) is 11.8 Å². The van der Waals surface area contributed by atoms with E-state index in [-0.39, 0.29) is 18.6 Å². The fourth-order valence-corrected chi connectivity index (χ4v) is 3.32. The molecular formula is C15H20N2O2S. The van der Waals surface area contributed by atoms with Gasteiger partial charge in [0, 0.05) is 24.7 Å². The highest BCUT2D eigenvalue weighted by molar-refractivity contribution is 7.12. The third kappa shape index (κ3) is 3.40. The van der Waals surface area contributed by atoms with Crippen molar-refractivity contribution < 1.29 is 9.90 Å². The van der Waals surface area contributed by atoms with Gasteiger partial charge in [0.2, 0.25) is 0 Å². The first-order valence-electron chi connectivity index (χ1n) is 6.80. The Morgan fingerprint density at radius 3 is 3.10 bits per heavy atom. The second-order valence-corrected chi connectivity index (χ2v) is 6.00. The number of aliphatic hydroxyl groups is 1. The molecule has 1 aromatic rings. The summed E-state index contributed by atoms with van der Waals surface area (Å²) in [6.07, 6.45) is 0.996. The van der Waals surface area contributed by atoms with E-state index >= 15 is 0 Å². The smallest absolute Gasteiger partial charge is 0.265 e. The summed E-state index contributed by atoms with van der Waals surface area (Å²) in [5, 5.41) is 10.7.